The maximum Gasteiger partial charge on any atom is 0.192 e. The molecule has 2 fully saturated rings. The van der Waals surface area contributed by atoms with Crippen LogP contribution in [0, 0.1) is 0 Å². The van der Waals surface area contributed by atoms with Crippen LogP contribution in [0.1, 0.15) is 38.3 Å². The molecular weight excluding hydrogens is 442 g/mol. The molecule has 5 nitrogen and oxygen atoms in total. The summed E-state index contributed by atoms with van der Waals surface area (Å²) in [6, 6.07) is 20.5. The van der Waals surface area contributed by atoms with E-state index in [1.165, 1.54) is 0 Å². The van der Waals surface area contributed by atoms with Crippen LogP contribution in [0.15, 0.2) is 60.7 Å². The highest BCUT2D eigenvalue weighted by Gasteiger charge is 2.56. The second-order valence-corrected chi connectivity index (χ2v) is 16.1. The number of nitrogens with zero attached hydrogens (tertiary/aromatic N) is 1. The molecule has 0 spiro atoms. The Hall–Kier alpha value is -1.54. The highest BCUT2D eigenvalue weighted by molar-refractivity contribution is 6.74. The van der Waals surface area contributed by atoms with Crippen LogP contribution in [0.5, 0.6) is 0 Å². The summed E-state index contributed by atoms with van der Waals surface area (Å²) in [6.07, 6.45) is -0.0396. The molecule has 2 aliphatic rings. The van der Waals surface area contributed by atoms with Crippen LogP contribution < -0.4 is 0 Å². The van der Waals surface area contributed by atoms with Gasteiger partial charge < -0.3 is 19.0 Å². The van der Waals surface area contributed by atoms with E-state index in [-0.39, 0.29) is 29.3 Å². The molecule has 2 heterocycles. The highest BCUT2D eigenvalue weighted by Crippen LogP contribution is 2.40. The first kappa shape index (κ1) is 25.5. The number of hydrogen-bond donors (Lipinski definition) is 1. The molecule has 0 bridgehead atoms. The maximum absolute atomic E-state index is 10.9. The SMILES string of the molecule is CC(C)(C)[Si](C)(C)OC[C@@H]1[C@@H](OCc2ccccc2)[C@H](OCc2ccccc2)[C@H]2[C@@H](O)CCN21. The van der Waals surface area contributed by atoms with Gasteiger partial charge >= 0.3 is 0 Å². The third-order valence-electron chi connectivity index (χ3n) is 7.92. The zero-order valence-electron chi connectivity index (χ0n) is 21.3. The van der Waals surface area contributed by atoms with Crippen LogP contribution in [-0.4, -0.2) is 61.9 Å². The number of aliphatic hydroxyl groups is 1. The van der Waals surface area contributed by atoms with Gasteiger partial charge in [-0.15, -0.1) is 0 Å². The second kappa shape index (κ2) is 10.6. The summed E-state index contributed by atoms with van der Waals surface area (Å²) < 4.78 is 19.8. The van der Waals surface area contributed by atoms with Crippen molar-refractivity contribution in [3.8, 4) is 0 Å². The molecule has 0 saturated carbocycles. The monoisotopic (exact) mass is 483 g/mol. The standard InChI is InChI=1S/C28H41NO4Si/c1-28(2,3)34(4,5)33-20-23-26(31-18-21-12-8-6-9-13-21)27(25-24(30)16-17-29(23)25)32-19-22-14-10-7-11-15-22/h6-15,23-27,30H,16-20H2,1-5H3/t23-,24+,25-,26-,27-/m1/s1. The minimum absolute atomic E-state index is 0.0563. The third-order valence-corrected chi connectivity index (χ3v) is 12.4. The molecular formula is C28H41NO4Si. The van der Waals surface area contributed by atoms with Crippen LogP contribution in [0.3, 0.4) is 0 Å². The Bertz CT molecular complexity index is 902. The van der Waals surface area contributed by atoms with Gasteiger partial charge in [0.25, 0.3) is 0 Å². The first-order valence-corrected chi connectivity index (χ1v) is 15.5. The number of aliphatic hydroxyl groups excluding tert-OH is 1. The van der Waals surface area contributed by atoms with Crippen molar-refractivity contribution in [2.75, 3.05) is 13.2 Å². The zero-order chi connectivity index (χ0) is 24.3. The van der Waals surface area contributed by atoms with E-state index in [1.807, 2.05) is 36.4 Å². The predicted octanol–water partition coefficient (Wildman–Crippen LogP) is 5.00. The molecule has 5 atom stereocenters. The van der Waals surface area contributed by atoms with Crippen LogP contribution in [0.2, 0.25) is 18.1 Å². The number of benzene rings is 2. The largest absolute Gasteiger partial charge is 0.415 e. The molecule has 2 aromatic carbocycles. The van der Waals surface area contributed by atoms with E-state index in [2.05, 4.69) is 63.0 Å². The third kappa shape index (κ3) is 5.64. The number of fused-ring (bicyclic) bond motifs is 1. The fourth-order valence-corrected chi connectivity index (χ4v) is 5.87. The van der Waals surface area contributed by atoms with Gasteiger partial charge in [0.1, 0.15) is 12.2 Å². The molecule has 2 aliphatic heterocycles. The topological polar surface area (TPSA) is 51.2 Å². The van der Waals surface area contributed by atoms with Gasteiger partial charge in [-0.3, -0.25) is 4.90 Å². The second-order valence-electron chi connectivity index (χ2n) is 11.2. The smallest absolute Gasteiger partial charge is 0.192 e. The average Bonchev–Trinajstić information content (AvgIpc) is 3.32. The molecule has 186 valence electrons. The zero-order valence-corrected chi connectivity index (χ0v) is 22.3. The summed E-state index contributed by atoms with van der Waals surface area (Å²) in [5.74, 6) is 0. The summed E-state index contributed by atoms with van der Waals surface area (Å²) in [4.78, 5) is 2.39. The van der Waals surface area contributed by atoms with Crippen molar-refractivity contribution in [2.45, 2.75) is 88.9 Å². The minimum Gasteiger partial charge on any atom is -0.415 e. The van der Waals surface area contributed by atoms with E-state index >= 15 is 0 Å². The van der Waals surface area contributed by atoms with E-state index in [4.69, 9.17) is 13.9 Å². The number of hydrogen-bond acceptors (Lipinski definition) is 5. The Balaban J connectivity index is 1.56. The summed E-state index contributed by atoms with van der Waals surface area (Å²) in [6.45, 7) is 13.9. The van der Waals surface area contributed by atoms with Gasteiger partial charge in [0.15, 0.2) is 8.32 Å². The van der Waals surface area contributed by atoms with Crippen molar-refractivity contribution >= 4 is 8.32 Å². The Labute approximate surface area is 206 Å². The lowest BCUT2D eigenvalue weighted by Crippen LogP contribution is -2.48. The van der Waals surface area contributed by atoms with Gasteiger partial charge in [-0.25, -0.2) is 0 Å². The molecule has 6 heteroatoms. The fourth-order valence-electron chi connectivity index (χ4n) is 4.85. The van der Waals surface area contributed by atoms with Gasteiger partial charge in [-0.2, -0.15) is 0 Å². The molecule has 0 unspecified atom stereocenters. The normalized spacial score (nSPS) is 27.8. The molecule has 2 saturated heterocycles. The number of rotatable bonds is 9. The van der Waals surface area contributed by atoms with Crippen LogP contribution in [0.25, 0.3) is 0 Å². The summed E-state index contributed by atoms with van der Waals surface area (Å²) in [5, 5.41) is 11.1. The Morgan fingerprint density at radius 3 is 1.94 bits per heavy atom. The van der Waals surface area contributed by atoms with Crippen LogP contribution >= 0.6 is 0 Å². The summed E-state index contributed by atoms with van der Waals surface area (Å²) >= 11 is 0. The molecule has 0 radical (unpaired) electrons. The first-order chi connectivity index (χ1) is 16.2. The molecule has 0 aliphatic carbocycles. The van der Waals surface area contributed by atoms with E-state index in [1.54, 1.807) is 0 Å². The van der Waals surface area contributed by atoms with E-state index in [0.29, 0.717) is 19.8 Å². The molecule has 0 aromatic heterocycles. The lowest BCUT2D eigenvalue weighted by Gasteiger charge is -2.38. The molecule has 4 rings (SSSR count). The van der Waals surface area contributed by atoms with Crippen molar-refractivity contribution in [3.05, 3.63) is 71.8 Å². The quantitative estimate of drug-likeness (QED) is 0.509. The summed E-state index contributed by atoms with van der Waals surface area (Å²) in [7, 11) is -1.93. The van der Waals surface area contributed by atoms with Crippen molar-refractivity contribution in [3.63, 3.8) is 0 Å². The van der Waals surface area contributed by atoms with Crippen molar-refractivity contribution < 1.29 is 19.0 Å². The van der Waals surface area contributed by atoms with Crippen molar-refractivity contribution in [1.82, 2.24) is 4.90 Å². The van der Waals surface area contributed by atoms with E-state index in [0.717, 1.165) is 24.1 Å². The van der Waals surface area contributed by atoms with Gasteiger partial charge in [0.05, 0.1) is 38.0 Å². The van der Waals surface area contributed by atoms with Crippen molar-refractivity contribution in [2.24, 2.45) is 0 Å². The minimum atomic E-state index is -1.93. The molecule has 0 amide bonds. The van der Waals surface area contributed by atoms with Crippen LogP contribution in [0.4, 0.5) is 0 Å². The van der Waals surface area contributed by atoms with Gasteiger partial charge in [-0.1, -0.05) is 81.4 Å². The highest BCUT2D eigenvalue weighted by atomic mass is 28.4. The fraction of sp³-hybridized carbons (Fsp3) is 0.571. The summed E-state index contributed by atoms with van der Waals surface area (Å²) in [5.41, 5.74) is 2.27. The predicted molar refractivity (Wildman–Crippen MR) is 138 cm³/mol. The Morgan fingerprint density at radius 2 is 1.41 bits per heavy atom. The van der Waals surface area contributed by atoms with Gasteiger partial charge in [0, 0.05) is 6.54 Å². The lowest BCUT2D eigenvalue weighted by molar-refractivity contribution is -0.0915. The lowest BCUT2D eigenvalue weighted by atomic mass is 10.0. The maximum atomic E-state index is 10.9. The van der Waals surface area contributed by atoms with E-state index < -0.39 is 14.4 Å². The average molecular weight is 484 g/mol. The molecule has 2 aromatic rings. The van der Waals surface area contributed by atoms with Crippen molar-refractivity contribution in [1.29, 1.82) is 0 Å². The Kier molecular flexibility index (Phi) is 7.97. The van der Waals surface area contributed by atoms with Gasteiger partial charge in [-0.05, 0) is 35.7 Å². The van der Waals surface area contributed by atoms with Gasteiger partial charge in [0.2, 0.25) is 0 Å². The Morgan fingerprint density at radius 1 is 0.882 bits per heavy atom. The number of ether oxygens (including phenoxy) is 2. The molecule has 1 N–H and O–H groups in total. The first-order valence-electron chi connectivity index (χ1n) is 12.6. The van der Waals surface area contributed by atoms with Crippen LogP contribution in [-0.2, 0) is 27.1 Å². The van der Waals surface area contributed by atoms with E-state index in [9.17, 15) is 5.11 Å². The molecule has 34 heavy (non-hydrogen) atoms.